The number of rotatable bonds is 2. The van der Waals surface area contributed by atoms with Crippen molar-refractivity contribution in [3.63, 3.8) is 0 Å². The summed E-state index contributed by atoms with van der Waals surface area (Å²) in [6, 6.07) is 0. The monoisotopic (exact) mass is 240 g/mol. The zero-order chi connectivity index (χ0) is 10.1. The van der Waals surface area contributed by atoms with Crippen molar-refractivity contribution in [2.45, 2.75) is 11.8 Å². The fraction of sp³-hybridized carbons (Fsp3) is 0.429. The van der Waals surface area contributed by atoms with Gasteiger partial charge < -0.3 is 5.11 Å². The van der Waals surface area contributed by atoms with Gasteiger partial charge in [-0.15, -0.1) is 23.2 Å². The van der Waals surface area contributed by atoms with Gasteiger partial charge >= 0.3 is 0 Å². The molecule has 0 fully saturated rings. The fourth-order valence-electron chi connectivity index (χ4n) is 0.530. The van der Waals surface area contributed by atoms with Crippen molar-refractivity contribution in [3.05, 3.63) is 18.0 Å². The van der Waals surface area contributed by atoms with E-state index in [1.165, 1.54) is 11.8 Å². The third kappa shape index (κ3) is 6.10. The van der Waals surface area contributed by atoms with Gasteiger partial charge in [-0.25, -0.2) is 9.97 Å². The van der Waals surface area contributed by atoms with Crippen LogP contribution < -0.4 is 0 Å². The van der Waals surface area contributed by atoms with E-state index in [-0.39, 0.29) is 11.9 Å². The van der Waals surface area contributed by atoms with Crippen molar-refractivity contribution in [1.82, 2.24) is 9.97 Å². The van der Waals surface area contributed by atoms with Crippen LogP contribution in [0.5, 0.6) is 0 Å². The summed E-state index contributed by atoms with van der Waals surface area (Å²) in [5, 5.41) is 9.54. The lowest BCUT2D eigenvalue weighted by Gasteiger charge is -1.94. The van der Waals surface area contributed by atoms with Crippen LogP contribution in [0.15, 0.2) is 17.6 Å². The van der Waals surface area contributed by atoms with E-state index in [4.69, 9.17) is 28.3 Å². The first kappa shape index (κ1) is 13.0. The SMILES string of the molecule is CSc1ncc(CO)cn1.ClCCl. The number of aliphatic hydroxyl groups is 1. The van der Waals surface area contributed by atoms with E-state index in [1.807, 2.05) is 6.26 Å². The summed E-state index contributed by atoms with van der Waals surface area (Å²) in [7, 11) is 0. The molecule has 3 nitrogen and oxygen atoms in total. The van der Waals surface area contributed by atoms with Crippen LogP contribution in [-0.4, -0.2) is 26.7 Å². The minimum atomic E-state index is 0.00859. The third-order valence-electron chi connectivity index (χ3n) is 1.05. The molecule has 0 aliphatic carbocycles. The van der Waals surface area contributed by atoms with Crippen LogP contribution in [-0.2, 0) is 6.61 Å². The van der Waals surface area contributed by atoms with E-state index >= 15 is 0 Å². The Bertz CT molecular complexity index is 197. The number of hydrogen-bond donors (Lipinski definition) is 1. The van der Waals surface area contributed by atoms with E-state index in [0.29, 0.717) is 0 Å². The van der Waals surface area contributed by atoms with E-state index in [9.17, 15) is 0 Å². The molecule has 0 saturated heterocycles. The number of aliphatic hydroxyl groups excluding tert-OH is 1. The second kappa shape index (κ2) is 8.56. The first-order valence-electron chi connectivity index (χ1n) is 3.36. The molecule has 0 spiro atoms. The van der Waals surface area contributed by atoms with Gasteiger partial charge in [-0.2, -0.15) is 0 Å². The van der Waals surface area contributed by atoms with Crippen LogP contribution in [0, 0.1) is 0 Å². The minimum absolute atomic E-state index is 0.00859. The summed E-state index contributed by atoms with van der Waals surface area (Å²) < 4.78 is 0. The van der Waals surface area contributed by atoms with E-state index < -0.39 is 0 Å². The van der Waals surface area contributed by atoms with Crippen LogP contribution in [0.3, 0.4) is 0 Å². The van der Waals surface area contributed by atoms with Gasteiger partial charge in [0.2, 0.25) is 0 Å². The van der Waals surface area contributed by atoms with Crippen molar-refractivity contribution in [2.75, 3.05) is 11.6 Å². The van der Waals surface area contributed by atoms with Crippen LogP contribution >= 0.6 is 35.0 Å². The van der Waals surface area contributed by atoms with Crippen molar-refractivity contribution in [2.24, 2.45) is 0 Å². The first-order chi connectivity index (χ1) is 6.28. The van der Waals surface area contributed by atoms with Crippen LogP contribution in [0.2, 0.25) is 0 Å². The summed E-state index contributed by atoms with van der Waals surface area (Å²) in [6.07, 6.45) is 5.16. The molecular formula is C7H10Cl2N2OS. The largest absolute Gasteiger partial charge is 0.392 e. The molecule has 0 aromatic carbocycles. The molecule has 6 heteroatoms. The standard InChI is InChI=1S/C6H8N2OS.CH2Cl2/c1-10-6-7-2-5(4-9)3-8-6;2-1-3/h2-3,9H,4H2,1H3;1H2. The highest BCUT2D eigenvalue weighted by Crippen LogP contribution is 2.06. The number of halogens is 2. The molecule has 0 aliphatic heterocycles. The minimum Gasteiger partial charge on any atom is -0.392 e. The Morgan fingerprint density at radius 2 is 1.85 bits per heavy atom. The second-order valence-electron chi connectivity index (χ2n) is 1.84. The number of hydrogen-bond acceptors (Lipinski definition) is 4. The average Bonchev–Trinajstić information content (AvgIpc) is 2.19. The molecule has 0 unspecified atom stereocenters. The lowest BCUT2D eigenvalue weighted by Crippen LogP contribution is -1.89. The number of aromatic nitrogens is 2. The smallest absolute Gasteiger partial charge is 0.187 e. The Balaban J connectivity index is 0.000000424. The van der Waals surface area contributed by atoms with Gasteiger partial charge in [0.25, 0.3) is 0 Å². The Kier molecular flexibility index (Phi) is 8.54. The normalized spacial score (nSPS) is 8.92. The summed E-state index contributed by atoms with van der Waals surface area (Å²) >= 11 is 11.0. The van der Waals surface area contributed by atoms with Crippen molar-refractivity contribution < 1.29 is 5.11 Å². The van der Waals surface area contributed by atoms with Gasteiger partial charge in [0.15, 0.2) is 5.16 Å². The molecule has 74 valence electrons. The van der Waals surface area contributed by atoms with Crippen LogP contribution in [0.4, 0.5) is 0 Å². The third-order valence-corrected chi connectivity index (χ3v) is 1.62. The van der Waals surface area contributed by atoms with Crippen molar-refractivity contribution >= 4 is 35.0 Å². The molecule has 1 N–H and O–H groups in total. The van der Waals surface area contributed by atoms with Gasteiger partial charge in [-0.1, -0.05) is 11.8 Å². The zero-order valence-electron chi connectivity index (χ0n) is 7.07. The molecule has 13 heavy (non-hydrogen) atoms. The maximum Gasteiger partial charge on any atom is 0.187 e. The zero-order valence-corrected chi connectivity index (χ0v) is 9.40. The molecule has 1 rings (SSSR count). The van der Waals surface area contributed by atoms with Crippen LogP contribution in [0.25, 0.3) is 0 Å². The van der Waals surface area contributed by atoms with Gasteiger partial charge in [0.1, 0.15) is 0 Å². The Hall–Kier alpha value is -0.0300. The second-order valence-corrected chi connectivity index (χ2v) is 3.42. The Labute approximate surface area is 91.5 Å². The number of thioether (sulfide) groups is 1. The maximum atomic E-state index is 8.61. The van der Waals surface area contributed by atoms with Crippen molar-refractivity contribution in [1.29, 1.82) is 0 Å². The molecule has 0 amide bonds. The van der Waals surface area contributed by atoms with Gasteiger partial charge in [-0.05, 0) is 6.26 Å². The predicted molar refractivity (Wildman–Crippen MR) is 56.3 cm³/mol. The fourth-order valence-corrected chi connectivity index (χ4v) is 0.846. The maximum absolute atomic E-state index is 8.61. The Morgan fingerprint density at radius 3 is 2.15 bits per heavy atom. The van der Waals surface area contributed by atoms with Crippen molar-refractivity contribution in [3.8, 4) is 0 Å². The molecule has 1 heterocycles. The molecule has 0 radical (unpaired) electrons. The van der Waals surface area contributed by atoms with Gasteiger partial charge in [0.05, 0.1) is 11.9 Å². The number of nitrogens with zero attached hydrogens (tertiary/aromatic N) is 2. The Morgan fingerprint density at radius 1 is 1.38 bits per heavy atom. The molecule has 1 aromatic rings. The summed E-state index contributed by atoms with van der Waals surface area (Å²) in [6.45, 7) is 0.00859. The molecule has 0 bridgehead atoms. The van der Waals surface area contributed by atoms with E-state index in [2.05, 4.69) is 9.97 Å². The quantitative estimate of drug-likeness (QED) is 0.489. The van der Waals surface area contributed by atoms with E-state index in [0.717, 1.165) is 10.7 Å². The van der Waals surface area contributed by atoms with Crippen LogP contribution in [0.1, 0.15) is 5.56 Å². The predicted octanol–water partition coefficient (Wildman–Crippen LogP) is 2.11. The molecule has 0 aliphatic rings. The highest BCUT2D eigenvalue weighted by Gasteiger charge is 1.92. The van der Waals surface area contributed by atoms with Gasteiger partial charge in [-0.3, -0.25) is 0 Å². The molecule has 1 aromatic heterocycles. The molecule has 0 atom stereocenters. The van der Waals surface area contributed by atoms with Gasteiger partial charge in [0, 0.05) is 18.0 Å². The molecule has 0 saturated carbocycles. The lowest BCUT2D eigenvalue weighted by atomic mass is 10.4. The van der Waals surface area contributed by atoms with E-state index in [1.54, 1.807) is 12.4 Å². The highest BCUT2D eigenvalue weighted by molar-refractivity contribution is 7.98. The summed E-state index contributed by atoms with van der Waals surface area (Å²) in [5.41, 5.74) is 0.748. The molecular weight excluding hydrogens is 231 g/mol. The summed E-state index contributed by atoms with van der Waals surface area (Å²) in [4.78, 5) is 7.92. The topological polar surface area (TPSA) is 46.0 Å². The highest BCUT2D eigenvalue weighted by atomic mass is 35.5. The summed E-state index contributed by atoms with van der Waals surface area (Å²) in [5.74, 6) is 0. The average molecular weight is 241 g/mol. The first-order valence-corrected chi connectivity index (χ1v) is 5.65. The lowest BCUT2D eigenvalue weighted by molar-refractivity contribution is 0.280. The number of alkyl halides is 2.